The molecule has 3 rings (SSSR count). The van der Waals surface area contributed by atoms with Gasteiger partial charge in [-0.1, -0.05) is 40.5 Å². The quantitative estimate of drug-likeness (QED) is 0.757. The Morgan fingerprint density at radius 1 is 1.11 bits per heavy atom. The Hall–Kier alpha value is -1.09. The molecule has 18 heavy (non-hydrogen) atoms. The minimum atomic E-state index is 0.630. The molecule has 2 nitrogen and oxygen atoms in total. The van der Waals surface area contributed by atoms with Crippen LogP contribution in [0.1, 0.15) is 37.3 Å². The second-order valence-corrected chi connectivity index (χ2v) is 6.26. The van der Waals surface area contributed by atoms with Crippen LogP contribution in [0.2, 0.25) is 0 Å². The van der Waals surface area contributed by atoms with Gasteiger partial charge in [0.05, 0.1) is 5.69 Å². The first-order valence-electron chi connectivity index (χ1n) is 6.58. The summed E-state index contributed by atoms with van der Waals surface area (Å²) in [5.41, 5.74) is 2.51. The predicted octanol–water partition coefficient (Wildman–Crippen LogP) is 4.29. The van der Waals surface area contributed by atoms with E-state index < -0.39 is 0 Å². The van der Waals surface area contributed by atoms with E-state index in [4.69, 9.17) is 0 Å². The van der Waals surface area contributed by atoms with E-state index >= 15 is 0 Å². The highest BCUT2D eigenvalue weighted by atomic mass is 79.9. The van der Waals surface area contributed by atoms with E-state index in [1.165, 1.54) is 31.4 Å². The van der Waals surface area contributed by atoms with Crippen LogP contribution >= 0.6 is 15.9 Å². The molecule has 0 saturated heterocycles. The first-order valence-corrected chi connectivity index (χ1v) is 7.49. The van der Waals surface area contributed by atoms with Crippen LogP contribution in [0.15, 0.2) is 42.6 Å². The van der Waals surface area contributed by atoms with Crippen molar-refractivity contribution in [2.75, 3.05) is 0 Å². The van der Waals surface area contributed by atoms with Crippen molar-refractivity contribution in [2.45, 2.75) is 36.4 Å². The van der Waals surface area contributed by atoms with Crippen LogP contribution in [0.3, 0.4) is 0 Å². The van der Waals surface area contributed by atoms with Crippen molar-refractivity contribution < 1.29 is 0 Å². The van der Waals surface area contributed by atoms with E-state index in [0.29, 0.717) is 10.7 Å². The third-order valence-electron chi connectivity index (χ3n) is 3.70. The van der Waals surface area contributed by atoms with E-state index in [1.807, 2.05) is 12.3 Å². The smallest absolute Gasteiger partial charge is 0.0648 e. The summed E-state index contributed by atoms with van der Waals surface area (Å²) in [6, 6.07) is 12.6. The molecule has 0 bridgehead atoms. The number of rotatable bonds is 2. The third-order valence-corrected chi connectivity index (χ3v) is 4.53. The Kier molecular flexibility index (Phi) is 3.50. The molecule has 0 N–H and O–H groups in total. The summed E-state index contributed by atoms with van der Waals surface area (Å²) < 4.78 is 2.09. The zero-order valence-corrected chi connectivity index (χ0v) is 11.9. The zero-order chi connectivity index (χ0) is 12.4. The van der Waals surface area contributed by atoms with Gasteiger partial charge in [-0.15, -0.1) is 0 Å². The SMILES string of the molecule is BrC1CCCC(c2ccnn2-c2ccccc2)C1. The fourth-order valence-corrected chi connectivity index (χ4v) is 3.58. The summed E-state index contributed by atoms with van der Waals surface area (Å²) in [6.07, 6.45) is 7.02. The summed E-state index contributed by atoms with van der Waals surface area (Å²) in [7, 11) is 0. The molecule has 0 aliphatic heterocycles. The van der Waals surface area contributed by atoms with Crippen molar-refractivity contribution >= 4 is 15.9 Å². The van der Waals surface area contributed by atoms with Crippen molar-refractivity contribution in [3.8, 4) is 5.69 Å². The molecule has 2 atom stereocenters. The molecule has 1 aromatic heterocycles. The molecule has 0 radical (unpaired) electrons. The number of hydrogen-bond donors (Lipinski definition) is 0. The Labute approximate surface area is 116 Å². The van der Waals surface area contributed by atoms with Crippen LogP contribution in [-0.2, 0) is 0 Å². The summed E-state index contributed by atoms with van der Waals surface area (Å²) >= 11 is 3.77. The monoisotopic (exact) mass is 304 g/mol. The Balaban J connectivity index is 1.92. The molecule has 1 fully saturated rings. The summed E-state index contributed by atoms with van der Waals surface area (Å²) in [4.78, 5) is 0.662. The van der Waals surface area contributed by atoms with E-state index in [0.717, 1.165) is 5.69 Å². The lowest BCUT2D eigenvalue weighted by molar-refractivity contribution is 0.443. The second kappa shape index (κ2) is 5.27. The molecule has 1 aromatic carbocycles. The van der Waals surface area contributed by atoms with Gasteiger partial charge < -0.3 is 0 Å². The number of aromatic nitrogens is 2. The van der Waals surface area contributed by atoms with Crippen LogP contribution < -0.4 is 0 Å². The Morgan fingerprint density at radius 3 is 2.72 bits per heavy atom. The highest BCUT2D eigenvalue weighted by molar-refractivity contribution is 9.09. The zero-order valence-electron chi connectivity index (χ0n) is 10.3. The second-order valence-electron chi connectivity index (χ2n) is 4.96. The van der Waals surface area contributed by atoms with E-state index in [2.05, 4.69) is 56.0 Å². The average molecular weight is 305 g/mol. The van der Waals surface area contributed by atoms with Gasteiger partial charge in [0.15, 0.2) is 0 Å². The van der Waals surface area contributed by atoms with Crippen LogP contribution in [0, 0.1) is 0 Å². The van der Waals surface area contributed by atoms with Gasteiger partial charge in [-0.3, -0.25) is 0 Å². The van der Waals surface area contributed by atoms with Crippen LogP contribution in [0.5, 0.6) is 0 Å². The van der Waals surface area contributed by atoms with Crippen molar-refractivity contribution in [2.24, 2.45) is 0 Å². The molecule has 0 spiro atoms. The van der Waals surface area contributed by atoms with Gasteiger partial charge in [0.1, 0.15) is 0 Å². The van der Waals surface area contributed by atoms with Crippen LogP contribution in [0.4, 0.5) is 0 Å². The van der Waals surface area contributed by atoms with Gasteiger partial charge >= 0.3 is 0 Å². The number of nitrogens with zero attached hydrogens (tertiary/aromatic N) is 2. The van der Waals surface area contributed by atoms with Gasteiger partial charge in [-0.05, 0) is 37.5 Å². The lowest BCUT2D eigenvalue weighted by Gasteiger charge is -2.26. The molecule has 1 aliphatic rings. The minimum Gasteiger partial charge on any atom is -0.238 e. The van der Waals surface area contributed by atoms with Gasteiger partial charge in [0.2, 0.25) is 0 Å². The molecule has 1 heterocycles. The third kappa shape index (κ3) is 2.37. The fraction of sp³-hybridized carbons (Fsp3) is 0.400. The van der Waals surface area contributed by atoms with E-state index in [-0.39, 0.29) is 0 Å². The molecule has 3 heteroatoms. The fourth-order valence-electron chi connectivity index (χ4n) is 2.81. The topological polar surface area (TPSA) is 17.8 Å². The normalized spacial score (nSPS) is 24.1. The van der Waals surface area contributed by atoms with Crippen LogP contribution in [-0.4, -0.2) is 14.6 Å². The van der Waals surface area contributed by atoms with Crippen molar-refractivity contribution in [1.29, 1.82) is 0 Å². The molecular weight excluding hydrogens is 288 g/mol. The molecule has 94 valence electrons. The summed E-state index contributed by atoms with van der Waals surface area (Å²) in [6.45, 7) is 0. The molecule has 1 saturated carbocycles. The Bertz CT molecular complexity index is 506. The minimum absolute atomic E-state index is 0.630. The van der Waals surface area contributed by atoms with Crippen molar-refractivity contribution in [3.63, 3.8) is 0 Å². The molecule has 0 amide bonds. The highest BCUT2D eigenvalue weighted by Crippen LogP contribution is 2.36. The Morgan fingerprint density at radius 2 is 1.94 bits per heavy atom. The maximum Gasteiger partial charge on any atom is 0.0648 e. The standard InChI is InChI=1S/C15H17BrN2/c16-13-6-4-5-12(11-13)15-9-10-17-18(15)14-7-2-1-3-8-14/h1-3,7-10,12-13H,4-6,11H2. The van der Waals surface area contributed by atoms with Crippen molar-refractivity contribution in [1.82, 2.24) is 9.78 Å². The van der Waals surface area contributed by atoms with Gasteiger partial charge in [0.25, 0.3) is 0 Å². The molecule has 2 unspecified atom stereocenters. The number of hydrogen-bond acceptors (Lipinski definition) is 1. The highest BCUT2D eigenvalue weighted by Gasteiger charge is 2.24. The average Bonchev–Trinajstić information content (AvgIpc) is 2.89. The van der Waals surface area contributed by atoms with Crippen LogP contribution in [0.25, 0.3) is 5.69 Å². The molecular formula is C15H17BrN2. The molecule has 2 aromatic rings. The first kappa shape index (κ1) is 12.0. The molecule has 1 aliphatic carbocycles. The maximum atomic E-state index is 4.49. The summed E-state index contributed by atoms with van der Waals surface area (Å²) in [5.74, 6) is 0.630. The number of alkyl halides is 1. The lowest BCUT2D eigenvalue weighted by atomic mass is 9.87. The number of halogens is 1. The maximum absolute atomic E-state index is 4.49. The largest absolute Gasteiger partial charge is 0.238 e. The van der Waals surface area contributed by atoms with Crippen molar-refractivity contribution in [3.05, 3.63) is 48.3 Å². The predicted molar refractivity (Wildman–Crippen MR) is 77.5 cm³/mol. The number of benzene rings is 1. The van der Waals surface area contributed by atoms with Gasteiger partial charge in [-0.25, -0.2) is 4.68 Å². The summed E-state index contributed by atoms with van der Waals surface area (Å²) in [5, 5.41) is 4.49. The van der Waals surface area contributed by atoms with E-state index in [9.17, 15) is 0 Å². The lowest BCUT2D eigenvalue weighted by Crippen LogP contribution is -2.16. The number of para-hydroxylation sites is 1. The first-order chi connectivity index (χ1) is 8.84. The van der Waals surface area contributed by atoms with Gasteiger partial charge in [0, 0.05) is 22.6 Å². The van der Waals surface area contributed by atoms with Gasteiger partial charge in [-0.2, -0.15) is 5.10 Å². The van der Waals surface area contributed by atoms with E-state index in [1.54, 1.807) is 0 Å².